The van der Waals surface area contributed by atoms with Crippen LogP contribution in [0.15, 0.2) is 29.2 Å². The number of anilines is 1. The first-order valence-corrected chi connectivity index (χ1v) is 7.84. The van der Waals surface area contributed by atoms with E-state index in [9.17, 15) is 14.0 Å². The topological polar surface area (TPSA) is 69.3 Å². The molecular formula is C16H16ClFN4O2. The molecule has 1 aliphatic heterocycles. The molecule has 0 spiro atoms. The fourth-order valence-electron chi connectivity index (χ4n) is 2.72. The molecule has 0 saturated carbocycles. The van der Waals surface area contributed by atoms with E-state index in [1.54, 1.807) is 15.9 Å². The number of carbonyl (C=O) groups is 1. The number of carbonyl (C=O) groups excluding carboxylic acids is 1. The molecule has 0 bridgehead atoms. The second-order valence-corrected chi connectivity index (χ2v) is 6.08. The van der Waals surface area contributed by atoms with Crippen molar-refractivity contribution in [1.82, 2.24) is 15.1 Å². The van der Waals surface area contributed by atoms with Crippen LogP contribution in [0, 0.1) is 12.7 Å². The van der Waals surface area contributed by atoms with Crippen molar-refractivity contribution >= 4 is 23.2 Å². The molecule has 0 aliphatic carbocycles. The van der Waals surface area contributed by atoms with E-state index in [0.717, 1.165) is 11.1 Å². The van der Waals surface area contributed by atoms with Crippen LogP contribution < -0.4 is 10.5 Å². The molecule has 126 valence electrons. The monoisotopic (exact) mass is 350 g/mol. The van der Waals surface area contributed by atoms with Gasteiger partial charge in [0.25, 0.3) is 5.56 Å². The van der Waals surface area contributed by atoms with Crippen molar-refractivity contribution in [2.75, 3.05) is 24.5 Å². The lowest BCUT2D eigenvalue weighted by Crippen LogP contribution is -2.50. The van der Waals surface area contributed by atoms with Crippen molar-refractivity contribution in [3.8, 4) is 0 Å². The van der Waals surface area contributed by atoms with Gasteiger partial charge in [0.15, 0.2) is 0 Å². The van der Waals surface area contributed by atoms with Crippen LogP contribution in [-0.4, -0.2) is 40.6 Å². The SMILES string of the molecule is Cc1cc(F)ccc1CN1CCN(c2cn[nH]c(=O)c2Cl)CC1=O. The summed E-state index contributed by atoms with van der Waals surface area (Å²) in [5, 5.41) is 6.01. The number of piperazine rings is 1. The minimum Gasteiger partial charge on any atom is -0.358 e. The Labute approximate surface area is 142 Å². The molecule has 1 fully saturated rings. The van der Waals surface area contributed by atoms with E-state index in [1.165, 1.54) is 18.3 Å². The summed E-state index contributed by atoms with van der Waals surface area (Å²) in [7, 11) is 0. The summed E-state index contributed by atoms with van der Waals surface area (Å²) < 4.78 is 13.2. The highest BCUT2D eigenvalue weighted by atomic mass is 35.5. The smallest absolute Gasteiger partial charge is 0.285 e. The number of amides is 1. The number of benzene rings is 1. The predicted octanol–water partition coefficient (Wildman–Crippen LogP) is 1.72. The second kappa shape index (κ2) is 6.60. The van der Waals surface area contributed by atoms with Gasteiger partial charge in [-0.1, -0.05) is 17.7 Å². The molecular weight excluding hydrogens is 335 g/mol. The van der Waals surface area contributed by atoms with Gasteiger partial charge in [-0.3, -0.25) is 9.59 Å². The quantitative estimate of drug-likeness (QED) is 0.915. The van der Waals surface area contributed by atoms with Crippen molar-refractivity contribution in [3.63, 3.8) is 0 Å². The Bertz CT molecular complexity index is 839. The van der Waals surface area contributed by atoms with Crippen molar-refractivity contribution in [1.29, 1.82) is 0 Å². The highest BCUT2D eigenvalue weighted by molar-refractivity contribution is 6.33. The molecule has 0 radical (unpaired) electrons. The maximum atomic E-state index is 13.2. The van der Waals surface area contributed by atoms with E-state index in [-0.39, 0.29) is 23.3 Å². The van der Waals surface area contributed by atoms with Crippen LogP contribution >= 0.6 is 11.6 Å². The third kappa shape index (κ3) is 3.26. The zero-order chi connectivity index (χ0) is 17.3. The van der Waals surface area contributed by atoms with Crippen LogP contribution in [0.25, 0.3) is 0 Å². The molecule has 3 rings (SSSR count). The highest BCUT2D eigenvalue weighted by Crippen LogP contribution is 2.23. The van der Waals surface area contributed by atoms with Crippen LogP contribution in [0.3, 0.4) is 0 Å². The van der Waals surface area contributed by atoms with Gasteiger partial charge < -0.3 is 9.80 Å². The minimum absolute atomic E-state index is 0.0284. The number of hydrogen-bond donors (Lipinski definition) is 1. The molecule has 1 aromatic heterocycles. The van der Waals surface area contributed by atoms with Gasteiger partial charge in [0.05, 0.1) is 18.4 Å². The van der Waals surface area contributed by atoms with E-state index >= 15 is 0 Å². The van der Waals surface area contributed by atoms with E-state index in [2.05, 4.69) is 10.2 Å². The normalized spacial score (nSPS) is 15.0. The summed E-state index contributed by atoms with van der Waals surface area (Å²) in [6.45, 7) is 3.39. The molecule has 0 atom stereocenters. The number of halogens is 2. The summed E-state index contributed by atoms with van der Waals surface area (Å²) in [5.74, 6) is -0.370. The first-order valence-electron chi connectivity index (χ1n) is 7.46. The number of nitrogens with zero attached hydrogens (tertiary/aromatic N) is 3. The van der Waals surface area contributed by atoms with Gasteiger partial charge in [0.1, 0.15) is 10.8 Å². The Morgan fingerprint density at radius 1 is 1.33 bits per heavy atom. The number of hydrogen-bond acceptors (Lipinski definition) is 4. The molecule has 1 aliphatic rings. The Hall–Kier alpha value is -2.41. The van der Waals surface area contributed by atoms with Gasteiger partial charge in [-0.25, -0.2) is 9.49 Å². The van der Waals surface area contributed by atoms with Crippen LogP contribution in [0.5, 0.6) is 0 Å². The van der Waals surface area contributed by atoms with Gasteiger partial charge in [0.2, 0.25) is 5.91 Å². The zero-order valence-corrected chi connectivity index (χ0v) is 13.8. The second-order valence-electron chi connectivity index (χ2n) is 5.71. The van der Waals surface area contributed by atoms with Gasteiger partial charge in [-0.2, -0.15) is 5.10 Å². The van der Waals surface area contributed by atoms with Crippen molar-refractivity contribution in [2.24, 2.45) is 0 Å². The summed E-state index contributed by atoms with van der Waals surface area (Å²) in [4.78, 5) is 27.4. The third-order valence-corrected chi connectivity index (χ3v) is 4.47. The number of rotatable bonds is 3. The average Bonchev–Trinajstić information content (AvgIpc) is 2.54. The Kier molecular flexibility index (Phi) is 4.53. The van der Waals surface area contributed by atoms with E-state index in [0.29, 0.717) is 25.3 Å². The molecule has 6 nitrogen and oxygen atoms in total. The van der Waals surface area contributed by atoms with E-state index in [1.807, 2.05) is 6.92 Å². The molecule has 1 aromatic carbocycles. The largest absolute Gasteiger partial charge is 0.358 e. The van der Waals surface area contributed by atoms with Gasteiger partial charge >= 0.3 is 0 Å². The van der Waals surface area contributed by atoms with E-state index in [4.69, 9.17) is 11.6 Å². The molecule has 8 heteroatoms. The summed E-state index contributed by atoms with van der Waals surface area (Å²) in [5.41, 5.74) is 1.69. The third-order valence-electron chi connectivity index (χ3n) is 4.10. The molecule has 2 heterocycles. The lowest BCUT2D eigenvalue weighted by Gasteiger charge is -2.35. The van der Waals surface area contributed by atoms with Gasteiger partial charge in [-0.05, 0) is 30.2 Å². The fourth-order valence-corrected chi connectivity index (χ4v) is 2.93. The molecule has 2 aromatic rings. The molecule has 24 heavy (non-hydrogen) atoms. The van der Waals surface area contributed by atoms with Crippen molar-refractivity contribution in [3.05, 3.63) is 56.7 Å². The summed E-state index contributed by atoms with van der Waals surface area (Å²) >= 11 is 5.99. The average molecular weight is 351 g/mol. The Morgan fingerprint density at radius 3 is 2.83 bits per heavy atom. The Balaban J connectivity index is 1.72. The molecule has 0 unspecified atom stereocenters. The van der Waals surface area contributed by atoms with Crippen molar-refractivity contribution < 1.29 is 9.18 Å². The lowest BCUT2D eigenvalue weighted by atomic mass is 10.1. The number of aromatic nitrogens is 2. The van der Waals surface area contributed by atoms with Crippen LogP contribution in [0.4, 0.5) is 10.1 Å². The maximum absolute atomic E-state index is 13.2. The zero-order valence-electron chi connectivity index (χ0n) is 13.1. The molecule has 1 N–H and O–H groups in total. The van der Waals surface area contributed by atoms with Crippen LogP contribution in [0.2, 0.25) is 5.02 Å². The molecule has 1 saturated heterocycles. The molecule has 1 amide bonds. The maximum Gasteiger partial charge on any atom is 0.285 e. The lowest BCUT2D eigenvalue weighted by molar-refractivity contribution is -0.131. The first kappa shape index (κ1) is 16.4. The van der Waals surface area contributed by atoms with Gasteiger partial charge in [-0.15, -0.1) is 0 Å². The van der Waals surface area contributed by atoms with Crippen molar-refractivity contribution in [2.45, 2.75) is 13.5 Å². The standard InChI is InChI=1S/C16H16ClFN4O2/c1-10-6-12(18)3-2-11(10)8-22-5-4-21(9-14(22)23)13-7-19-20-16(24)15(13)17/h2-3,6-7H,4-5,8-9H2,1H3,(H,20,24). The van der Waals surface area contributed by atoms with E-state index < -0.39 is 5.56 Å². The number of aryl methyl sites for hydroxylation is 1. The number of aromatic amines is 1. The highest BCUT2D eigenvalue weighted by Gasteiger charge is 2.26. The minimum atomic E-state index is -0.481. The number of H-pyrrole nitrogens is 1. The first-order chi connectivity index (χ1) is 11.5. The van der Waals surface area contributed by atoms with Gasteiger partial charge in [0, 0.05) is 19.6 Å². The Morgan fingerprint density at radius 2 is 2.12 bits per heavy atom. The van der Waals surface area contributed by atoms with Crippen LogP contribution in [0.1, 0.15) is 11.1 Å². The fraction of sp³-hybridized carbons (Fsp3) is 0.312. The predicted molar refractivity (Wildman–Crippen MR) is 88.6 cm³/mol. The summed E-state index contributed by atoms with van der Waals surface area (Å²) in [6, 6.07) is 4.55. The van der Waals surface area contributed by atoms with Crippen LogP contribution in [-0.2, 0) is 11.3 Å². The number of nitrogens with one attached hydrogen (secondary N) is 1. The summed E-state index contributed by atoms with van der Waals surface area (Å²) in [6.07, 6.45) is 1.44.